The highest BCUT2D eigenvalue weighted by molar-refractivity contribution is 5.94. The molecule has 2 heterocycles. The van der Waals surface area contributed by atoms with Crippen LogP contribution in [0.3, 0.4) is 0 Å². The number of aromatic nitrogens is 4. The fourth-order valence-corrected chi connectivity index (χ4v) is 3.11. The van der Waals surface area contributed by atoms with Crippen LogP contribution in [0.5, 0.6) is 5.75 Å². The van der Waals surface area contributed by atoms with E-state index in [1.165, 1.54) is 40.8 Å². The van der Waals surface area contributed by atoms with Crippen molar-refractivity contribution in [1.29, 1.82) is 0 Å². The minimum absolute atomic E-state index is 0.0188. The molecule has 0 aliphatic rings. The summed E-state index contributed by atoms with van der Waals surface area (Å²) in [6.07, 6.45) is 1.76. The van der Waals surface area contributed by atoms with E-state index in [0.717, 1.165) is 0 Å². The van der Waals surface area contributed by atoms with Crippen molar-refractivity contribution in [2.24, 2.45) is 0 Å². The second-order valence-corrected chi connectivity index (χ2v) is 7.02. The summed E-state index contributed by atoms with van der Waals surface area (Å²) >= 11 is 0. The molecule has 31 heavy (non-hydrogen) atoms. The Morgan fingerprint density at radius 1 is 1.16 bits per heavy atom. The fraction of sp³-hybridized carbons (Fsp3) is 0.182. The molecule has 0 bridgehead atoms. The summed E-state index contributed by atoms with van der Waals surface area (Å²) in [4.78, 5) is 28.4. The highest BCUT2D eigenvalue weighted by Crippen LogP contribution is 2.15. The van der Waals surface area contributed by atoms with Crippen LogP contribution in [0.15, 0.2) is 65.8 Å². The number of ketones is 1. The molecule has 1 N–H and O–H groups in total. The predicted octanol–water partition coefficient (Wildman–Crippen LogP) is 2.36. The quantitative estimate of drug-likeness (QED) is 0.459. The minimum atomic E-state index is -0.962. The summed E-state index contributed by atoms with van der Waals surface area (Å²) in [7, 11) is 0. The van der Waals surface area contributed by atoms with Crippen molar-refractivity contribution < 1.29 is 19.0 Å². The van der Waals surface area contributed by atoms with Gasteiger partial charge in [-0.05, 0) is 55.5 Å². The third-order valence-corrected chi connectivity index (χ3v) is 4.74. The maximum atomic E-state index is 13.2. The minimum Gasteiger partial charge on any atom is -0.491 e. The molecule has 9 heteroatoms. The zero-order valence-corrected chi connectivity index (χ0v) is 16.6. The van der Waals surface area contributed by atoms with E-state index in [0.29, 0.717) is 22.6 Å². The number of Topliss-reactive ketones (excluding diaryl/α,β-unsaturated/α-hetero) is 1. The third kappa shape index (κ3) is 4.36. The second kappa shape index (κ2) is 8.49. The average molecular weight is 422 g/mol. The molecule has 0 saturated carbocycles. The number of aliphatic hydroxyl groups is 1. The van der Waals surface area contributed by atoms with Crippen molar-refractivity contribution in [1.82, 2.24) is 19.3 Å². The third-order valence-electron chi connectivity index (χ3n) is 4.74. The normalized spacial score (nSPS) is 12.1. The van der Waals surface area contributed by atoms with Crippen molar-refractivity contribution in [2.45, 2.75) is 19.6 Å². The number of nitrogens with zero attached hydrogens (tertiary/aromatic N) is 4. The zero-order chi connectivity index (χ0) is 22.0. The lowest BCUT2D eigenvalue weighted by Crippen LogP contribution is -2.30. The summed E-state index contributed by atoms with van der Waals surface area (Å²) in [5.74, 6) is 0.0867. The highest BCUT2D eigenvalue weighted by atomic mass is 19.1. The van der Waals surface area contributed by atoms with Crippen LogP contribution in [-0.2, 0) is 6.54 Å². The molecule has 158 valence electrons. The van der Waals surface area contributed by atoms with E-state index in [1.54, 1.807) is 36.4 Å². The van der Waals surface area contributed by atoms with E-state index < -0.39 is 6.10 Å². The van der Waals surface area contributed by atoms with Gasteiger partial charge in [0.05, 0.1) is 18.4 Å². The SMILES string of the molecule is CC(=O)c1ccc(OCC(O)Cn2cnc3c(cnn3-c3ccc(F)cc3)c2=O)cc1. The van der Waals surface area contributed by atoms with E-state index >= 15 is 0 Å². The van der Waals surface area contributed by atoms with E-state index in [2.05, 4.69) is 10.1 Å². The number of hydrogen-bond acceptors (Lipinski definition) is 6. The van der Waals surface area contributed by atoms with Gasteiger partial charge in [0.1, 0.15) is 36.0 Å². The first-order valence-corrected chi connectivity index (χ1v) is 9.53. The smallest absolute Gasteiger partial charge is 0.264 e. The number of carbonyl (C=O) groups is 1. The summed E-state index contributed by atoms with van der Waals surface area (Å²) in [6.45, 7) is 1.42. The van der Waals surface area contributed by atoms with Crippen molar-refractivity contribution in [2.75, 3.05) is 6.61 Å². The molecule has 4 aromatic rings. The fourth-order valence-electron chi connectivity index (χ4n) is 3.11. The number of benzene rings is 2. The number of ether oxygens (including phenoxy) is 1. The first-order chi connectivity index (χ1) is 14.9. The summed E-state index contributed by atoms with van der Waals surface area (Å²) in [5.41, 5.74) is 1.12. The number of rotatable bonds is 7. The van der Waals surface area contributed by atoms with E-state index in [4.69, 9.17) is 4.74 Å². The monoisotopic (exact) mass is 422 g/mol. The molecule has 0 spiro atoms. The van der Waals surface area contributed by atoms with Gasteiger partial charge in [-0.2, -0.15) is 5.10 Å². The van der Waals surface area contributed by atoms with Crippen LogP contribution in [0.1, 0.15) is 17.3 Å². The predicted molar refractivity (Wildman–Crippen MR) is 111 cm³/mol. The van der Waals surface area contributed by atoms with E-state index in [-0.39, 0.29) is 35.7 Å². The lowest BCUT2D eigenvalue weighted by atomic mass is 10.1. The maximum Gasteiger partial charge on any atom is 0.264 e. The zero-order valence-electron chi connectivity index (χ0n) is 16.6. The Labute approximate surface area is 176 Å². The Morgan fingerprint density at radius 2 is 1.87 bits per heavy atom. The molecule has 0 saturated heterocycles. The van der Waals surface area contributed by atoms with Crippen molar-refractivity contribution in [3.05, 3.63) is 82.8 Å². The molecule has 0 aliphatic heterocycles. The second-order valence-electron chi connectivity index (χ2n) is 7.02. The molecule has 1 unspecified atom stereocenters. The molecule has 4 rings (SSSR count). The number of halogens is 1. The van der Waals surface area contributed by atoms with Gasteiger partial charge in [0.15, 0.2) is 11.4 Å². The Kier molecular flexibility index (Phi) is 5.59. The van der Waals surface area contributed by atoms with Gasteiger partial charge in [0.2, 0.25) is 0 Å². The Balaban J connectivity index is 1.47. The molecule has 0 fully saturated rings. The average Bonchev–Trinajstić information content (AvgIpc) is 3.20. The maximum absolute atomic E-state index is 13.2. The van der Waals surface area contributed by atoms with Crippen LogP contribution >= 0.6 is 0 Å². The van der Waals surface area contributed by atoms with Gasteiger partial charge >= 0.3 is 0 Å². The highest BCUT2D eigenvalue weighted by Gasteiger charge is 2.14. The molecule has 0 amide bonds. The van der Waals surface area contributed by atoms with Gasteiger partial charge in [-0.3, -0.25) is 14.2 Å². The van der Waals surface area contributed by atoms with Gasteiger partial charge in [-0.15, -0.1) is 0 Å². The van der Waals surface area contributed by atoms with Crippen LogP contribution < -0.4 is 10.3 Å². The van der Waals surface area contributed by atoms with Gasteiger partial charge < -0.3 is 9.84 Å². The Morgan fingerprint density at radius 3 is 2.55 bits per heavy atom. The van der Waals surface area contributed by atoms with Gasteiger partial charge in [0, 0.05) is 5.56 Å². The largest absolute Gasteiger partial charge is 0.491 e. The number of carbonyl (C=O) groups excluding carboxylic acids is 1. The van der Waals surface area contributed by atoms with E-state index in [1.807, 2.05) is 0 Å². The van der Waals surface area contributed by atoms with Gasteiger partial charge in [-0.25, -0.2) is 14.1 Å². The molecule has 0 radical (unpaired) electrons. The summed E-state index contributed by atoms with van der Waals surface area (Å²) in [6, 6.07) is 12.3. The lowest BCUT2D eigenvalue weighted by molar-refractivity contribution is 0.0913. The van der Waals surface area contributed by atoms with Crippen LogP contribution in [-0.4, -0.2) is 42.9 Å². The van der Waals surface area contributed by atoms with Gasteiger partial charge in [0.25, 0.3) is 5.56 Å². The molecular formula is C22H19FN4O4. The number of aliphatic hydroxyl groups excluding tert-OH is 1. The van der Waals surface area contributed by atoms with Crippen LogP contribution in [0.2, 0.25) is 0 Å². The number of hydrogen-bond donors (Lipinski definition) is 1. The number of fused-ring (bicyclic) bond motifs is 1. The Hall–Kier alpha value is -3.85. The molecular weight excluding hydrogens is 403 g/mol. The van der Waals surface area contributed by atoms with Crippen molar-refractivity contribution in [3.63, 3.8) is 0 Å². The van der Waals surface area contributed by atoms with Crippen LogP contribution in [0.25, 0.3) is 16.7 Å². The molecule has 8 nitrogen and oxygen atoms in total. The Bertz CT molecular complexity index is 1280. The summed E-state index contributed by atoms with van der Waals surface area (Å²) in [5, 5.41) is 14.7. The molecule has 1 atom stereocenters. The summed E-state index contributed by atoms with van der Waals surface area (Å²) < 4.78 is 21.4. The van der Waals surface area contributed by atoms with E-state index in [9.17, 15) is 19.1 Å². The standard InChI is InChI=1S/C22H19FN4O4/c1-14(28)15-2-8-19(9-3-15)31-12-18(29)11-26-13-24-21-20(22(26)30)10-25-27(21)17-6-4-16(23)5-7-17/h2-10,13,18,29H,11-12H2,1H3. The van der Waals surface area contributed by atoms with Crippen LogP contribution in [0.4, 0.5) is 4.39 Å². The first-order valence-electron chi connectivity index (χ1n) is 9.53. The lowest BCUT2D eigenvalue weighted by Gasteiger charge is -2.14. The van der Waals surface area contributed by atoms with Crippen molar-refractivity contribution in [3.8, 4) is 11.4 Å². The first kappa shape index (κ1) is 20.4. The topological polar surface area (TPSA) is 99.2 Å². The van der Waals surface area contributed by atoms with Crippen LogP contribution in [0, 0.1) is 5.82 Å². The molecule has 2 aromatic heterocycles. The van der Waals surface area contributed by atoms with Crippen molar-refractivity contribution >= 4 is 16.8 Å². The van der Waals surface area contributed by atoms with Gasteiger partial charge in [-0.1, -0.05) is 0 Å². The molecule has 0 aliphatic carbocycles. The molecule has 2 aromatic carbocycles.